The smallest absolute Gasteiger partial charge is 0.350 e. The molecule has 0 aliphatic heterocycles. The molecule has 2 aromatic carbocycles. The monoisotopic (exact) mass is 713 g/mol. The zero-order valence-corrected chi connectivity index (χ0v) is 29.9. The van der Waals surface area contributed by atoms with Crippen molar-refractivity contribution in [2.45, 2.75) is 52.8 Å². The maximum Gasteiger partial charge on any atom is 0.416 e. The van der Waals surface area contributed by atoms with Crippen LogP contribution in [0.3, 0.4) is 0 Å². The Morgan fingerprint density at radius 1 is 1.16 bits per heavy atom. The van der Waals surface area contributed by atoms with Gasteiger partial charge in [0.15, 0.2) is 0 Å². The molecular weight excluding hydrogens is 671 g/mol. The van der Waals surface area contributed by atoms with Crippen molar-refractivity contribution in [2.24, 2.45) is 7.05 Å². The highest BCUT2D eigenvalue weighted by Gasteiger charge is 2.32. The van der Waals surface area contributed by atoms with Crippen molar-refractivity contribution in [1.29, 1.82) is 5.26 Å². The van der Waals surface area contributed by atoms with E-state index >= 15 is 0 Å². The van der Waals surface area contributed by atoms with Gasteiger partial charge in [-0.15, -0.1) is 0 Å². The molecule has 1 N–H and O–H groups in total. The van der Waals surface area contributed by atoms with E-state index in [1.165, 1.54) is 46.8 Å². The Balaban J connectivity index is 0.000000521. The van der Waals surface area contributed by atoms with E-state index in [1.54, 1.807) is 63.2 Å². The van der Waals surface area contributed by atoms with Crippen LogP contribution in [0.15, 0.2) is 77.1 Å². The van der Waals surface area contributed by atoms with Gasteiger partial charge in [0.25, 0.3) is 11.5 Å². The lowest BCUT2D eigenvalue weighted by Crippen LogP contribution is -2.34. The zero-order valence-electron chi connectivity index (χ0n) is 29.1. The zero-order chi connectivity index (χ0) is 37.6. The number of benzene rings is 2. The minimum absolute atomic E-state index is 0.0494. The lowest BCUT2D eigenvalue weighted by molar-refractivity contribution is -0.137. The molecule has 0 saturated carbocycles. The topological polar surface area (TPSA) is 127 Å². The van der Waals surface area contributed by atoms with Crippen molar-refractivity contribution >= 4 is 24.4 Å². The van der Waals surface area contributed by atoms with Gasteiger partial charge in [-0.3, -0.25) is 19.1 Å². The molecular formula is C35H42F3N7O4S. The van der Waals surface area contributed by atoms with Gasteiger partial charge in [0.1, 0.15) is 11.3 Å². The van der Waals surface area contributed by atoms with Crippen LogP contribution in [0, 0.1) is 11.3 Å². The fourth-order valence-electron chi connectivity index (χ4n) is 4.49. The molecule has 0 bridgehead atoms. The van der Waals surface area contributed by atoms with Crippen LogP contribution in [-0.4, -0.2) is 63.1 Å². The first kappa shape index (κ1) is 41.1. The van der Waals surface area contributed by atoms with Crippen molar-refractivity contribution in [3.63, 3.8) is 0 Å². The standard InChI is InChI=1S/C25H21F3N6O2.C5H11NO.C5H10OS/c1-15(2)31-23(35)21-22(20-11-12-30-33(20)18-9-7-16(14-29)8-10-18)32(3)34(24(21)36)19-6-4-5-17(13-19)25(26,27)28;1-3-4-6(2)5-7;1-4-5(2)7-6-3/h4-13,15H,1-3H3,(H,31,35);5H,3-4H2,1-2H3;2,4H2,1,3H3. The summed E-state index contributed by atoms with van der Waals surface area (Å²) in [5.74, 6) is -0.668. The molecule has 268 valence electrons. The number of nitrogens with one attached hydrogen (secondary N) is 1. The van der Waals surface area contributed by atoms with Crippen LogP contribution in [0.4, 0.5) is 13.2 Å². The first-order valence-electron chi connectivity index (χ1n) is 15.5. The summed E-state index contributed by atoms with van der Waals surface area (Å²) in [5.41, 5.74) is -0.471. The number of alkyl halides is 3. The molecule has 0 radical (unpaired) electrons. The molecule has 4 aromatic rings. The van der Waals surface area contributed by atoms with Gasteiger partial charge in [0, 0.05) is 43.6 Å². The van der Waals surface area contributed by atoms with Crippen LogP contribution >= 0.6 is 12.0 Å². The van der Waals surface area contributed by atoms with E-state index in [2.05, 4.69) is 17.0 Å². The molecule has 0 fully saturated rings. The summed E-state index contributed by atoms with van der Waals surface area (Å²) in [6.45, 7) is 12.1. The van der Waals surface area contributed by atoms with E-state index in [0.717, 1.165) is 47.5 Å². The molecule has 0 unspecified atom stereocenters. The lowest BCUT2D eigenvalue weighted by atomic mass is 10.1. The Kier molecular flexibility index (Phi) is 15.8. The number of carbonyl (C=O) groups is 2. The maximum absolute atomic E-state index is 13.6. The summed E-state index contributed by atoms with van der Waals surface area (Å²) in [5, 5.41) is 16.1. The van der Waals surface area contributed by atoms with E-state index in [4.69, 9.17) is 9.44 Å². The highest BCUT2D eigenvalue weighted by molar-refractivity contribution is 7.98. The Hall–Kier alpha value is -5.07. The quantitative estimate of drug-likeness (QED) is 0.135. The third-order valence-electron chi connectivity index (χ3n) is 6.81. The van der Waals surface area contributed by atoms with E-state index in [-0.39, 0.29) is 23.0 Å². The van der Waals surface area contributed by atoms with Crippen LogP contribution in [-0.2, 0) is 22.2 Å². The number of allylic oxidation sites excluding steroid dienone is 1. The Morgan fingerprint density at radius 2 is 1.82 bits per heavy atom. The van der Waals surface area contributed by atoms with E-state index in [1.807, 2.05) is 19.9 Å². The average molecular weight is 714 g/mol. The van der Waals surface area contributed by atoms with Gasteiger partial charge >= 0.3 is 6.18 Å². The molecule has 0 aliphatic rings. The molecule has 11 nitrogen and oxygen atoms in total. The summed E-state index contributed by atoms with van der Waals surface area (Å²) in [7, 11) is 4.90. The largest absolute Gasteiger partial charge is 0.416 e. The van der Waals surface area contributed by atoms with Gasteiger partial charge in [-0.25, -0.2) is 9.36 Å². The number of aromatic nitrogens is 4. The lowest BCUT2D eigenvalue weighted by Gasteiger charge is -2.14. The van der Waals surface area contributed by atoms with Crippen LogP contribution in [0.25, 0.3) is 22.8 Å². The minimum atomic E-state index is -4.61. The Labute approximate surface area is 294 Å². The molecule has 0 atom stereocenters. The molecule has 0 saturated heterocycles. The second-order valence-corrected chi connectivity index (χ2v) is 12.1. The summed E-state index contributed by atoms with van der Waals surface area (Å²) in [6.07, 6.45) is -0.277. The van der Waals surface area contributed by atoms with Crippen LogP contribution in [0.5, 0.6) is 0 Å². The Morgan fingerprint density at radius 3 is 2.30 bits per heavy atom. The van der Waals surface area contributed by atoms with Crippen molar-refractivity contribution in [3.05, 3.63) is 99.3 Å². The number of rotatable bonds is 11. The van der Waals surface area contributed by atoms with Crippen molar-refractivity contribution in [3.8, 4) is 28.8 Å². The second-order valence-electron chi connectivity index (χ2n) is 11.1. The third kappa shape index (κ3) is 11.0. The van der Waals surface area contributed by atoms with Gasteiger partial charge in [0.2, 0.25) is 6.41 Å². The molecule has 2 amide bonds. The second kappa shape index (κ2) is 19.2. The third-order valence-corrected chi connectivity index (χ3v) is 7.50. The van der Waals surface area contributed by atoms with Gasteiger partial charge < -0.3 is 14.4 Å². The van der Waals surface area contributed by atoms with Crippen molar-refractivity contribution < 1.29 is 26.9 Å². The number of carbonyl (C=O) groups excluding carboxylic acids is 2. The van der Waals surface area contributed by atoms with Crippen molar-refractivity contribution in [1.82, 2.24) is 29.4 Å². The molecule has 2 heterocycles. The summed E-state index contributed by atoms with van der Waals surface area (Å²) >= 11 is 1.34. The van der Waals surface area contributed by atoms with Crippen LogP contribution in [0.1, 0.15) is 62.0 Å². The van der Waals surface area contributed by atoms with E-state index in [0.29, 0.717) is 16.9 Å². The van der Waals surface area contributed by atoms with E-state index < -0.39 is 23.2 Å². The van der Waals surface area contributed by atoms with Crippen LogP contribution < -0.4 is 10.9 Å². The maximum atomic E-state index is 13.6. The first-order valence-corrected chi connectivity index (χ1v) is 16.3. The number of hydrogen-bond donors (Lipinski definition) is 1. The average Bonchev–Trinajstić information content (AvgIpc) is 3.66. The molecule has 2 aromatic heterocycles. The van der Waals surface area contributed by atoms with E-state index in [9.17, 15) is 27.6 Å². The molecule has 15 heteroatoms. The summed E-state index contributed by atoms with van der Waals surface area (Å²) in [4.78, 5) is 39.2. The van der Waals surface area contributed by atoms with Crippen LogP contribution in [0.2, 0.25) is 0 Å². The molecule has 4 rings (SSSR count). The van der Waals surface area contributed by atoms with Gasteiger partial charge in [-0.05, 0) is 75.2 Å². The summed E-state index contributed by atoms with van der Waals surface area (Å²) in [6, 6.07) is 14.2. The Bertz CT molecular complexity index is 1840. The minimum Gasteiger partial charge on any atom is -0.350 e. The SMILES string of the molecule is C=C(CC)SOC.CC(C)NC(=O)c1c(-c2ccnn2-c2ccc(C#N)cc2)n(C)n(-c2cccc(C(F)(F)F)c2)c1=O.CCCN(C)C=O. The number of nitriles is 1. The number of hydrogen-bond acceptors (Lipinski definition) is 7. The number of amides is 2. The summed E-state index contributed by atoms with van der Waals surface area (Å²) < 4.78 is 48.7. The fourth-order valence-corrected chi connectivity index (χ4v) is 4.84. The predicted molar refractivity (Wildman–Crippen MR) is 189 cm³/mol. The highest BCUT2D eigenvalue weighted by atomic mass is 32.2. The fraction of sp³-hybridized carbons (Fsp3) is 0.343. The van der Waals surface area contributed by atoms with Gasteiger partial charge in [-0.1, -0.05) is 26.5 Å². The molecule has 0 aliphatic carbocycles. The number of nitrogens with zero attached hydrogens (tertiary/aromatic N) is 6. The predicted octanol–water partition coefficient (Wildman–Crippen LogP) is 6.75. The molecule has 0 spiro atoms. The normalized spacial score (nSPS) is 10.7. The first-order chi connectivity index (χ1) is 23.6. The molecule has 50 heavy (non-hydrogen) atoms. The van der Waals surface area contributed by atoms with Crippen molar-refractivity contribution in [2.75, 3.05) is 20.7 Å². The highest BCUT2D eigenvalue weighted by Crippen LogP contribution is 2.31. The number of halogens is 3. The van der Waals surface area contributed by atoms with Gasteiger partial charge in [-0.2, -0.15) is 23.5 Å². The van der Waals surface area contributed by atoms with Gasteiger partial charge in [0.05, 0.1) is 47.6 Å².